The topological polar surface area (TPSA) is 47.5 Å². The SMILES string of the molecule is Cc1cc(F)c2nc(-c3cc4ccc(F)cc4oc3=O)cn2c1. The number of aromatic nitrogens is 2. The summed E-state index contributed by atoms with van der Waals surface area (Å²) in [5, 5.41) is 0.565. The molecule has 1 aromatic carbocycles. The Morgan fingerprint density at radius 2 is 1.96 bits per heavy atom. The van der Waals surface area contributed by atoms with E-state index < -0.39 is 17.3 Å². The predicted octanol–water partition coefficient (Wildman–Crippen LogP) is 3.69. The van der Waals surface area contributed by atoms with Crippen molar-refractivity contribution in [2.45, 2.75) is 6.92 Å². The van der Waals surface area contributed by atoms with E-state index in [2.05, 4.69) is 4.98 Å². The third kappa shape index (κ3) is 2.19. The van der Waals surface area contributed by atoms with E-state index in [0.717, 1.165) is 11.6 Å². The summed E-state index contributed by atoms with van der Waals surface area (Å²) in [7, 11) is 0. The van der Waals surface area contributed by atoms with Crippen LogP contribution in [0.3, 0.4) is 0 Å². The molecule has 114 valence electrons. The lowest BCUT2D eigenvalue weighted by atomic mass is 10.1. The lowest BCUT2D eigenvalue weighted by Crippen LogP contribution is -2.02. The average molecular weight is 312 g/mol. The standard InChI is InChI=1S/C17H10F2N2O2/c1-9-4-13(19)16-20-14(8-21(16)7-9)12-5-10-2-3-11(18)6-15(10)23-17(12)22/h2-8H,1H3. The molecule has 0 saturated carbocycles. The fourth-order valence-corrected chi connectivity index (χ4v) is 2.58. The Labute approximate surface area is 128 Å². The van der Waals surface area contributed by atoms with Crippen molar-refractivity contribution in [3.63, 3.8) is 0 Å². The summed E-state index contributed by atoms with van der Waals surface area (Å²) < 4.78 is 33.8. The lowest BCUT2D eigenvalue weighted by Gasteiger charge is -1.99. The van der Waals surface area contributed by atoms with Gasteiger partial charge in [0.05, 0.1) is 11.3 Å². The summed E-state index contributed by atoms with van der Waals surface area (Å²) >= 11 is 0. The molecule has 0 spiro atoms. The van der Waals surface area contributed by atoms with Gasteiger partial charge in [-0.25, -0.2) is 18.6 Å². The van der Waals surface area contributed by atoms with Gasteiger partial charge in [-0.05, 0) is 36.8 Å². The van der Waals surface area contributed by atoms with Crippen molar-refractivity contribution in [2.75, 3.05) is 0 Å². The first-order chi connectivity index (χ1) is 11.0. The van der Waals surface area contributed by atoms with E-state index in [4.69, 9.17) is 4.42 Å². The van der Waals surface area contributed by atoms with Gasteiger partial charge < -0.3 is 8.82 Å². The van der Waals surface area contributed by atoms with Crippen LogP contribution in [0, 0.1) is 18.6 Å². The van der Waals surface area contributed by atoms with E-state index in [1.807, 2.05) is 0 Å². The van der Waals surface area contributed by atoms with Crippen LogP contribution in [-0.2, 0) is 0 Å². The highest BCUT2D eigenvalue weighted by Gasteiger charge is 2.14. The Morgan fingerprint density at radius 1 is 1.13 bits per heavy atom. The van der Waals surface area contributed by atoms with Crippen LogP contribution in [0.5, 0.6) is 0 Å². The maximum absolute atomic E-state index is 13.9. The van der Waals surface area contributed by atoms with Crippen LogP contribution in [0.4, 0.5) is 8.78 Å². The van der Waals surface area contributed by atoms with Gasteiger partial charge in [-0.15, -0.1) is 0 Å². The van der Waals surface area contributed by atoms with Crippen molar-refractivity contribution in [3.05, 3.63) is 70.3 Å². The number of rotatable bonds is 1. The van der Waals surface area contributed by atoms with Crippen molar-refractivity contribution in [3.8, 4) is 11.3 Å². The normalized spacial score (nSPS) is 11.4. The summed E-state index contributed by atoms with van der Waals surface area (Å²) in [5.41, 5.74) is 0.872. The first-order valence-corrected chi connectivity index (χ1v) is 6.90. The Morgan fingerprint density at radius 3 is 2.78 bits per heavy atom. The van der Waals surface area contributed by atoms with Crippen molar-refractivity contribution in [2.24, 2.45) is 0 Å². The van der Waals surface area contributed by atoms with Crippen molar-refractivity contribution in [1.29, 1.82) is 0 Å². The molecule has 4 nitrogen and oxygen atoms in total. The predicted molar refractivity (Wildman–Crippen MR) is 81.3 cm³/mol. The molecule has 3 aromatic heterocycles. The molecule has 23 heavy (non-hydrogen) atoms. The highest BCUT2D eigenvalue weighted by atomic mass is 19.1. The van der Waals surface area contributed by atoms with Gasteiger partial charge in [0.2, 0.25) is 0 Å². The van der Waals surface area contributed by atoms with Crippen molar-refractivity contribution < 1.29 is 13.2 Å². The second-order valence-electron chi connectivity index (χ2n) is 5.35. The third-order valence-electron chi connectivity index (χ3n) is 3.62. The maximum Gasteiger partial charge on any atom is 0.345 e. The van der Waals surface area contributed by atoms with Crippen LogP contribution >= 0.6 is 0 Å². The number of pyridine rings is 1. The second kappa shape index (κ2) is 4.74. The van der Waals surface area contributed by atoms with Gasteiger partial charge in [-0.1, -0.05) is 0 Å². The molecule has 0 aliphatic heterocycles. The fraction of sp³-hybridized carbons (Fsp3) is 0.0588. The van der Waals surface area contributed by atoms with Gasteiger partial charge in [0.15, 0.2) is 11.5 Å². The summed E-state index contributed by atoms with van der Waals surface area (Å²) in [5.74, 6) is -0.956. The fourth-order valence-electron chi connectivity index (χ4n) is 2.58. The quantitative estimate of drug-likeness (QED) is 0.504. The average Bonchev–Trinajstić information content (AvgIpc) is 2.90. The van der Waals surface area contributed by atoms with Gasteiger partial charge in [0, 0.05) is 23.8 Å². The molecular formula is C17H10F2N2O2. The van der Waals surface area contributed by atoms with Crippen LogP contribution in [-0.4, -0.2) is 9.38 Å². The first-order valence-electron chi connectivity index (χ1n) is 6.90. The number of fused-ring (bicyclic) bond motifs is 2. The minimum atomic E-state index is -0.649. The number of hydrogen-bond acceptors (Lipinski definition) is 3. The highest BCUT2D eigenvalue weighted by Crippen LogP contribution is 2.22. The van der Waals surface area contributed by atoms with Gasteiger partial charge in [-0.2, -0.15) is 0 Å². The number of imidazole rings is 1. The van der Waals surface area contributed by atoms with E-state index in [1.165, 1.54) is 22.6 Å². The molecule has 0 radical (unpaired) electrons. The van der Waals surface area contributed by atoms with Gasteiger partial charge >= 0.3 is 5.63 Å². The molecule has 0 fully saturated rings. The number of halogens is 2. The number of benzene rings is 1. The molecule has 0 aliphatic carbocycles. The zero-order chi connectivity index (χ0) is 16.1. The van der Waals surface area contributed by atoms with Crippen molar-refractivity contribution in [1.82, 2.24) is 9.38 Å². The first kappa shape index (κ1) is 13.6. The van der Waals surface area contributed by atoms with E-state index in [1.54, 1.807) is 25.4 Å². The zero-order valence-electron chi connectivity index (χ0n) is 12.0. The van der Waals surface area contributed by atoms with E-state index in [0.29, 0.717) is 11.1 Å². The number of nitrogens with zero attached hydrogens (tertiary/aromatic N) is 2. The molecule has 0 saturated heterocycles. The van der Waals surface area contributed by atoms with Crippen LogP contribution in [0.15, 0.2) is 51.9 Å². The van der Waals surface area contributed by atoms with Gasteiger partial charge in [0.1, 0.15) is 11.4 Å². The van der Waals surface area contributed by atoms with Crippen LogP contribution in [0.25, 0.3) is 27.9 Å². The lowest BCUT2D eigenvalue weighted by molar-refractivity contribution is 0.556. The van der Waals surface area contributed by atoms with Crippen molar-refractivity contribution >= 4 is 16.6 Å². The molecule has 4 aromatic rings. The van der Waals surface area contributed by atoms with Gasteiger partial charge in [-0.3, -0.25) is 0 Å². The van der Waals surface area contributed by atoms with E-state index in [-0.39, 0.29) is 16.8 Å². The molecule has 0 unspecified atom stereocenters. The minimum absolute atomic E-state index is 0.129. The summed E-state index contributed by atoms with van der Waals surface area (Å²) in [6.07, 6.45) is 3.28. The summed E-state index contributed by atoms with van der Waals surface area (Å²) in [6, 6.07) is 6.87. The van der Waals surface area contributed by atoms with Crippen LogP contribution < -0.4 is 5.63 Å². The van der Waals surface area contributed by atoms with E-state index in [9.17, 15) is 13.6 Å². The molecule has 0 bridgehead atoms. The Kier molecular flexibility index (Phi) is 2.81. The Balaban J connectivity index is 1.98. The summed E-state index contributed by atoms with van der Waals surface area (Å²) in [6.45, 7) is 1.77. The Hall–Kier alpha value is -3.02. The largest absolute Gasteiger partial charge is 0.422 e. The molecule has 0 amide bonds. The van der Waals surface area contributed by atoms with E-state index >= 15 is 0 Å². The monoisotopic (exact) mass is 312 g/mol. The van der Waals surface area contributed by atoms with Crippen LogP contribution in [0.1, 0.15) is 5.56 Å². The number of hydrogen-bond donors (Lipinski definition) is 0. The molecule has 3 heterocycles. The number of aryl methyl sites for hydroxylation is 1. The second-order valence-corrected chi connectivity index (χ2v) is 5.35. The smallest absolute Gasteiger partial charge is 0.345 e. The zero-order valence-corrected chi connectivity index (χ0v) is 12.0. The molecule has 0 atom stereocenters. The minimum Gasteiger partial charge on any atom is -0.422 e. The molecule has 0 aliphatic rings. The van der Waals surface area contributed by atoms with Gasteiger partial charge in [0.25, 0.3) is 0 Å². The van der Waals surface area contributed by atoms with Crippen LogP contribution in [0.2, 0.25) is 0 Å². The maximum atomic E-state index is 13.9. The molecule has 4 rings (SSSR count). The molecule has 0 N–H and O–H groups in total. The highest BCUT2D eigenvalue weighted by molar-refractivity contribution is 5.81. The molecular weight excluding hydrogens is 302 g/mol. The summed E-state index contributed by atoms with van der Waals surface area (Å²) in [4.78, 5) is 16.3. The Bertz CT molecular complexity index is 1130. The third-order valence-corrected chi connectivity index (χ3v) is 3.62. The molecule has 6 heteroatoms.